The van der Waals surface area contributed by atoms with Gasteiger partial charge in [-0.25, -0.2) is 14.8 Å². The van der Waals surface area contributed by atoms with Crippen molar-refractivity contribution in [3.63, 3.8) is 0 Å². The van der Waals surface area contributed by atoms with Crippen LogP contribution in [0.3, 0.4) is 0 Å². The van der Waals surface area contributed by atoms with Gasteiger partial charge in [0.1, 0.15) is 12.1 Å². The zero-order valence-corrected chi connectivity index (χ0v) is 10.3. The van der Waals surface area contributed by atoms with Crippen molar-refractivity contribution >= 4 is 16.8 Å². The molecule has 2 N–H and O–H groups in total. The van der Waals surface area contributed by atoms with E-state index in [-0.39, 0.29) is 12.2 Å². The molecule has 2 aromatic heterocycles. The van der Waals surface area contributed by atoms with Crippen LogP contribution in [-0.2, 0) is 6.54 Å². The highest BCUT2D eigenvalue weighted by Gasteiger charge is 2.08. The van der Waals surface area contributed by atoms with Crippen LogP contribution >= 0.6 is 0 Å². The summed E-state index contributed by atoms with van der Waals surface area (Å²) < 4.78 is 7.03. The summed E-state index contributed by atoms with van der Waals surface area (Å²) in [5, 5.41) is 0. The summed E-state index contributed by atoms with van der Waals surface area (Å²) in [6.07, 6.45) is 3.25. The number of rotatable bonds is 2. The van der Waals surface area contributed by atoms with Gasteiger partial charge in [-0.15, -0.1) is 0 Å². The number of benzene rings is 1. The van der Waals surface area contributed by atoms with Gasteiger partial charge in [-0.2, -0.15) is 0 Å². The Bertz CT molecular complexity index is 804. The molecule has 0 unspecified atom stereocenters. The predicted molar refractivity (Wildman–Crippen MR) is 70.8 cm³/mol. The summed E-state index contributed by atoms with van der Waals surface area (Å²) in [5.41, 5.74) is 8.20. The van der Waals surface area contributed by atoms with Crippen molar-refractivity contribution < 1.29 is 4.42 Å². The quantitative estimate of drug-likeness (QED) is 0.699. The smallest absolute Gasteiger partial charge is 0.347 e. The number of fused-ring (bicyclic) bond motifs is 1. The van der Waals surface area contributed by atoms with Crippen LogP contribution in [0.2, 0.25) is 0 Å². The number of nitrogens with two attached hydrogens (primary N) is 1. The molecule has 3 rings (SSSR count). The number of oxazole rings is 1. The van der Waals surface area contributed by atoms with Crippen molar-refractivity contribution in [2.75, 3.05) is 5.73 Å². The molecule has 0 aliphatic heterocycles. The lowest BCUT2D eigenvalue weighted by Crippen LogP contribution is -2.22. The highest BCUT2D eigenvalue weighted by molar-refractivity contribution is 5.76. The van der Waals surface area contributed by atoms with Crippen LogP contribution in [0.1, 0.15) is 11.5 Å². The van der Waals surface area contributed by atoms with Crippen LogP contribution in [0.5, 0.6) is 0 Å². The Labute approximate surface area is 108 Å². The van der Waals surface area contributed by atoms with E-state index in [9.17, 15) is 4.79 Å². The van der Waals surface area contributed by atoms with E-state index in [1.807, 2.05) is 6.92 Å². The average Bonchev–Trinajstić information content (AvgIpc) is 2.75. The number of hydrogen-bond donors (Lipinski definition) is 1. The topological polar surface area (TPSA) is 86.9 Å². The highest BCUT2D eigenvalue weighted by Crippen LogP contribution is 2.18. The fourth-order valence-electron chi connectivity index (χ4n) is 1.88. The van der Waals surface area contributed by atoms with Gasteiger partial charge >= 0.3 is 5.69 Å². The van der Waals surface area contributed by atoms with E-state index in [2.05, 4.69) is 9.97 Å². The van der Waals surface area contributed by atoms with Gasteiger partial charge in [0.2, 0.25) is 5.89 Å². The van der Waals surface area contributed by atoms with Crippen LogP contribution < -0.4 is 11.4 Å². The van der Waals surface area contributed by atoms with E-state index in [1.54, 1.807) is 24.4 Å². The largest absolute Gasteiger partial charge is 0.439 e. The van der Waals surface area contributed by atoms with E-state index >= 15 is 0 Å². The Morgan fingerprint density at radius 1 is 1.42 bits per heavy atom. The molecule has 0 saturated carbocycles. The summed E-state index contributed by atoms with van der Waals surface area (Å²) in [4.78, 5) is 19.7. The molecule has 0 bridgehead atoms. The maximum absolute atomic E-state index is 11.6. The summed E-state index contributed by atoms with van der Waals surface area (Å²) >= 11 is 0. The zero-order valence-electron chi connectivity index (χ0n) is 10.3. The minimum Gasteiger partial charge on any atom is -0.439 e. The lowest BCUT2D eigenvalue weighted by molar-refractivity contribution is 0.500. The molecule has 0 fully saturated rings. The van der Waals surface area contributed by atoms with Crippen LogP contribution in [0.4, 0.5) is 5.69 Å². The van der Waals surface area contributed by atoms with E-state index < -0.39 is 0 Å². The molecule has 19 heavy (non-hydrogen) atoms. The number of nitrogens with zero attached hydrogens (tertiary/aromatic N) is 3. The van der Waals surface area contributed by atoms with Gasteiger partial charge in [0.25, 0.3) is 0 Å². The van der Waals surface area contributed by atoms with Gasteiger partial charge < -0.3 is 10.2 Å². The summed E-state index contributed by atoms with van der Waals surface area (Å²) in [7, 11) is 0. The van der Waals surface area contributed by atoms with Crippen molar-refractivity contribution in [1.29, 1.82) is 0 Å². The standard InChI is InChI=1S/C13H12N4O2/c1-8-5-15-13(18)17(6-8)7-12-16-10-3-2-9(14)4-11(10)19-12/h2-6H,7,14H2,1H3. The van der Waals surface area contributed by atoms with E-state index in [1.165, 1.54) is 10.8 Å². The maximum Gasteiger partial charge on any atom is 0.347 e. The molecule has 96 valence electrons. The first-order valence-corrected chi connectivity index (χ1v) is 5.80. The molecule has 0 amide bonds. The third-order valence-electron chi connectivity index (χ3n) is 2.75. The molecule has 6 heteroatoms. The summed E-state index contributed by atoms with van der Waals surface area (Å²) in [5.74, 6) is 0.454. The van der Waals surface area contributed by atoms with Crippen molar-refractivity contribution in [2.24, 2.45) is 0 Å². The van der Waals surface area contributed by atoms with Crippen molar-refractivity contribution in [2.45, 2.75) is 13.5 Å². The second-order valence-electron chi connectivity index (χ2n) is 4.38. The number of anilines is 1. The van der Waals surface area contributed by atoms with E-state index in [4.69, 9.17) is 10.2 Å². The first-order valence-electron chi connectivity index (χ1n) is 5.80. The van der Waals surface area contributed by atoms with Gasteiger partial charge in [0.05, 0.1) is 0 Å². The van der Waals surface area contributed by atoms with Crippen LogP contribution in [0, 0.1) is 6.92 Å². The Kier molecular flexibility index (Phi) is 2.56. The van der Waals surface area contributed by atoms with Crippen molar-refractivity contribution in [3.8, 4) is 0 Å². The minimum absolute atomic E-state index is 0.252. The Balaban J connectivity index is 2.01. The Morgan fingerprint density at radius 2 is 2.26 bits per heavy atom. The molecule has 0 atom stereocenters. The SMILES string of the molecule is Cc1cnc(=O)n(Cc2nc3ccc(N)cc3o2)c1. The molecule has 6 nitrogen and oxygen atoms in total. The lowest BCUT2D eigenvalue weighted by Gasteiger charge is -2.01. The molecular formula is C13H12N4O2. The molecule has 0 radical (unpaired) electrons. The first kappa shape index (κ1) is 11.5. The molecule has 0 aliphatic carbocycles. The van der Waals surface area contributed by atoms with Crippen molar-refractivity contribution in [3.05, 3.63) is 52.5 Å². The molecule has 0 saturated heterocycles. The Hall–Kier alpha value is -2.63. The van der Waals surface area contributed by atoms with Crippen LogP contribution in [-0.4, -0.2) is 14.5 Å². The van der Waals surface area contributed by atoms with Crippen molar-refractivity contribution in [1.82, 2.24) is 14.5 Å². The zero-order chi connectivity index (χ0) is 13.4. The number of aryl methyl sites for hydroxylation is 1. The van der Waals surface area contributed by atoms with Crippen LogP contribution in [0.25, 0.3) is 11.1 Å². The third-order valence-corrected chi connectivity index (χ3v) is 2.75. The monoisotopic (exact) mass is 256 g/mol. The van der Waals surface area contributed by atoms with E-state index in [0.29, 0.717) is 17.2 Å². The van der Waals surface area contributed by atoms with Gasteiger partial charge in [-0.1, -0.05) is 0 Å². The molecular weight excluding hydrogens is 244 g/mol. The first-order chi connectivity index (χ1) is 9.11. The second-order valence-corrected chi connectivity index (χ2v) is 4.38. The molecule has 2 heterocycles. The predicted octanol–water partition coefficient (Wildman–Crippen LogP) is 1.32. The normalized spacial score (nSPS) is 11.0. The van der Waals surface area contributed by atoms with Gasteiger partial charge in [-0.05, 0) is 24.6 Å². The van der Waals surface area contributed by atoms with Crippen LogP contribution in [0.15, 0.2) is 39.8 Å². The molecule has 0 spiro atoms. The molecule has 3 aromatic rings. The minimum atomic E-state index is -0.327. The average molecular weight is 256 g/mol. The molecule has 1 aromatic carbocycles. The fraction of sp³-hybridized carbons (Fsp3) is 0.154. The second kappa shape index (κ2) is 4.24. The number of aromatic nitrogens is 3. The van der Waals surface area contributed by atoms with Gasteiger partial charge in [-0.3, -0.25) is 4.57 Å². The van der Waals surface area contributed by atoms with Gasteiger partial charge in [0, 0.05) is 24.1 Å². The Morgan fingerprint density at radius 3 is 3.11 bits per heavy atom. The molecule has 0 aliphatic rings. The maximum atomic E-state index is 11.6. The number of hydrogen-bond acceptors (Lipinski definition) is 5. The summed E-state index contributed by atoms with van der Waals surface area (Å²) in [6.45, 7) is 2.12. The van der Waals surface area contributed by atoms with E-state index in [0.717, 1.165) is 11.1 Å². The summed E-state index contributed by atoms with van der Waals surface area (Å²) in [6, 6.07) is 5.26. The number of nitrogen functional groups attached to an aromatic ring is 1. The third kappa shape index (κ3) is 2.20. The highest BCUT2D eigenvalue weighted by atomic mass is 16.3. The van der Waals surface area contributed by atoms with Gasteiger partial charge in [0.15, 0.2) is 5.58 Å². The fourth-order valence-corrected chi connectivity index (χ4v) is 1.88. The lowest BCUT2D eigenvalue weighted by atomic mass is 10.3.